The Morgan fingerprint density at radius 2 is 1.90 bits per heavy atom. The highest BCUT2D eigenvalue weighted by atomic mass is 19.1. The summed E-state index contributed by atoms with van der Waals surface area (Å²) in [4.78, 5) is 4.47. The van der Waals surface area contributed by atoms with Gasteiger partial charge < -0.3 is 5.32 Å². The van der Waals surface area contributed by atoms with E-state index in [4.69, 9.17) is 0 Å². The molecule has 0 radical (unpaired) electrons. The Balaban J connectivity index is 2.05. The van der Waals surface area contributed by atoms with Gasteiger partial charge in [-0.2, -0.15) is 0 Å². The number of hydrogen-bond acceptors (Lipinski definition) is 2. The first kappa shape index (κ1) is 13.7. The minimum atomic E-state index is -0.192. The number of hydrogen-bond donors (Lipinski definition) is 1. The third-order valence-corrected chi connectivity index (χ3v) is 3.55. The fourth-order valence-corrected chi connectivity index (χ4v) is 2.50. The number of aromatic nitrogens is 1. The molecule has 0 bridgehead atoms. The first-order valence-electron chi connectivity index (χ1n) is 6.98. The largest absolute Gasteiger partial charge is 0.316 e. The summed E-state index contributed by atoms with van der Waals surface area (Å²) in [5.74, 6) is -0.192. The number of fused-ring (bicyclic) bond motifs is 1. The zero-order chi connectivity index (χ0) is 14.8. The number of halogens is 1. The average Bonchev–Trinajstić information content (AvgIpc) is 2.47. The summed E-state index contributed by atoms with van der Waals surface area (Å²) in [6.07, 6.45) is 0. The van der Waals surface area contributed by atoms with Crippen molar-refractivity contribution in [3.8, 4) is 11.1 Å². The molecule has 3 rings (SSSR count). The van der Waals surface area contributed by atoms with Crippen molar-refractivity contribution in [3.05, 3.63) is 65.6 Å². The normalized spacial score (nSPS) is 11.0. The Morgan fingerprint density at radius 3 is 2.67 bits per heavy atom. The quantitative estimate of drug-likeness (QED) is 0.782. The predicted octanol–water partition coefficient (Wildman–Crippen LogP) is 4.07. The number of aryl methyl sites for hydroxylation is 1. The first-order valence-corrected chi connectivity index (χ1v) is 6.98. The summed E-state index contributed by atoms with van der Waals surface area (Å²) in [7, 11) is 1.85. The van der Waals surface area contributed by atoms with Crippen molar-refractivity contribution >= 4 is 10.9 Å². The highest BCUT2D eigenvalue weighted by Gasteiger charge is 2.07. The van der Waals surface area contributed by atoms with Crippen LogP contribution in [-0.4, -0.2) is 12.0 Å². The highest BCUT2D eigenvalue weighted by Crippen LogP contribution is 2.26. The Morgan fingerprint density at radius 1 is 1.05 bits per heavy atom. The fourth-order valence-electron chi connectivity index (χ4n) is 2.50. The van der Waals surface area contributed by atoms with Crippen LogP contribution >= 0.6 is 0 Å². The van der Waals surface area contributed by atoms with Crippen LogP contribution in [0, 0.1) is 12.7 Å². The van der Waals surface area contributed by atoms with Crippen LogP contribution in [0.15, 0.2) is 48.5 Å². The van der Waals surface area contributed by atoms with Gasteiger partial charge in [0.1, 0.15) is 5.82 Å². The van der Waals surface area contributed by atoms with Crippen LogP contribution in [0.1, 0.15) is 11.3 Å². The van der Waals surface area contributed by atoms with E-state index >= 15 is 0 Å². The lowest BCUT2D eigenvalue weighted by atomic mass is 10.0. The monoisotopic (exact) mass is 280 g/mol. The maximum atomic E-state index is 14.3. The third-order valence-electron chi connectivity index (χ3n) is 3.55. The molecular formula is C18H17FN2. The molecule has 0 spiro atoms. The van der Waals surface area contributed by atoms with E-state index in [0.717, 1.165) is 27.7 Å². The Labute approximate surface area is 123 Å². The number of nitrogens with zero attached hydrogens (tertiary/aromatic N) is 1. The van der Waals surface area contributed by atoms with Gasteiger partial charge in [0.15, 0.2) is 0 Å². The summed E-state index contributed by atoms with van der Waals surface area (Å²) in [6.45, 7) is 2.63. The second-order valence-corrected chi connectivity index (χ2v) is 5.20. The van der Waals surface area contributed by atoms with E-state index in [1.54, 1.807) is 6.07 Å². The van der Waals surface area contributed by atoms with Crippen molar-refractivity contribution in [1.29, 1.82) is 0 Å². The number of pyridine rings is 1. The standard InChI is InChI=1S/C18H17FN2/c1-12-3-5-15-10-14(6-8-18(15)21-12)16-7-4-13(11-20-2)9-17(16)19/h3-10,20H,11H2,1-2H3. The molecule has 3 heteroatoms. The van der Waals surface area contributed by atoms with Crippen LogP contribution in [0.5, 0.6) is 0 Å². The second kappa shape index (κ2) is 5.62. The Hall–Kier alpha value is -2.26. The van der Waals surface area contributed by atoms with E-state index in [9.17, 15) is 4.39 Å². The molecule has 1 heterocycles. The molecule has 0 aliphatic heterocycles. The lowest BCUT2D eigenvalue weighted by Gasteiger charge is -2.08. The molecule has 0 unspecified atom stereocenters. The van der Waals surface area contributed by atoms with Gasteiger partial charge in [-0.25, -0.2) is 4.39 Å². The molecular weight excluding hydrogens is 263 g/mol. The van der Waals surface area contributed by atoms with Crippen LogP contribution in [0.25, 0.3) is 22.0 Å². The van der Waals surface area contributed by atoms with E-state index in [0.29, 0.717) is 12.1 Å². The Kier molecular flexibility index (Phi) is 3.67. The molecule has 106 valence electrons. The fraction of sp³-hybridized carbons (Fsp3) is 0.167. The van der Waals surface area contributed by atoms with E-state index in [2.05, 4.69) is 10.3 Å². The zero-order valence-electron chi connectivity index (χ0n) is 12.2. The van der Waals surface area contributed by atoms with Crippen LogP contribution in [0.2, 0.25) is 0 Å². The molecule has 0 atom stereocenters. The van der Waals surface area contributed by atoms with Crippen LogP contribution < -0.4 is 5.32 Å². The topological polar surface area (TPSA) is 24.9 Å². The van der Waals surface area contributed by atoms with Gasteiger partial charge in [0, 0.05) is 23.2 Å². The molecule has 1 aromatic heterocycles. The van der Waals surface area contributed by atoms with E-state index < -0.39 is 0 Å². The Bertz CT molecular complexity index is 796. The number of rotatable bonds is 3. The van der Waals surface area contributed by atoms with E-state index in [-0.39, 0.29) is 5.82 Å². The predicted molar refractivity (Wildman–Crippen MR) is 84.6 cm³/mol. The third kappa shape index (κ3) is 2.78. The molecule has 0 aliphatic carbocycles. The molecule has 0 fully saturated rings. The lowest BCUT2D eigenvalue weighted by Crippen LogP contribution is -2.05. The molecule has 0 aliphatic rings. The van der Waals surface area contributed by atoms with Crippen molar-refractivity contribution in [3.63, 3.8) is 0 Å². The van der Waals surface area contributed by atoms with Gasteiger partial charge in [-0.3, -0.25) is 4.98 Å². The molecule has 21 heavy (non-hydrogen) atoms. The highest BCUT2D eigenvalue weighted by molar-refractivity contribution is 5.84. The number of nitrogens with one attached hydrogen (secondary N) is 1. The van der Waals surface area contributed by atoms with Crippen LogP contribution in [-0.2, 0) is 6.54 Å². The molecule has 2 nitrogen and oxygen atoms in total. The summed E-state index contributed by atoms with van der Waals surface area (Å²) in [6, 6.07) is 15.2. The van der Waals surface area contributed by atoms with Gasteiger partial charge in [-0.05, 0) is 49.4 Å². The summed E-state index contributed by atoms with van der Waals surface area (Å²) < 4.78 is 14.3. The van der Waals surface area contributed by atoms with E-state index in [1.165, 1.54) is 0 Å². The minimum Gasteiger partial charge on any atom is -0.316 e. The van der Waals surface area contributed by atoms with Crippen molar-refractivity contribution in [1.82, 2.24) is 10.3 Å². The average molecular weight is 280 g/mol. The van der Waals surface area contributed by atoms with Gasteiger partial charge in [-0.15, -0.1) is 0 Å². The SMILES string of the molecule is CNCc1ccc(-c2ccc3nc(C)ccc3c2)c(F)c1. The molecule has 0 saturated heterocycles. The molecule has 3 aromatic rings. The maximum Gasteiger partial charge on any atom is 0.131 e. The van der Waals surface area contributed by atoms with Crippen molar-refractivity contribution in [2.75, 3.05) is 7.05 Å². The second-order valence-electron chi connectivity index (χ2n) is 5.20. The van der Waals surface area contributed by atoms with E-state index in [1.807, 2.05) is 56.4 Å². The van der Waals surface area contributed by atoms with Crippen LogP contribution in [0.4, 0.5) is 4.39 Å². The van der Waals surface area contributed by atoms with Crippen LogP contribution in [0.3, 0.4) is 0 Å². The van der Waals surface area contributed by atoms with Crippen molar-refractivity contribution in [2.45, 2.75) is 13.5 Å². The smallest absolute Gasteiger partial charge is 0.131 e. The summed E-state index contributed by atoms with van der Waals surface area (Å²) in [5.41, 5.74) is 4.36. The zero-order valence-corrected chi connectivity index (χ0v) is 12.2. The van der Waals surface area contributed by atoms with Gasteiger partial charge in [-0.1, -0.05) is 24.3 Å². The molecule has 2 aromatic carbocycles. The number of benzene rings is 2. The maximum absolute atomic E-state index is 14.3. The molecule has 1 N–H and O–H groups in total. The molecule has 0 saturated carbocycles. The lowest BCUT2D eigenvalue weighted by molar-refractivity contribution is 0.627. The minimum absolute atomic E-state index is 0.192. The van der Waals surface area contributed by atoms with Crippen molar-refractivity contribution < 1.29 is 4.39 Å². The van der Waals surface area contributed by atoms with Gasteiger partial charge >= 0.3 is 0 Å². The summed E-state index contributed by atoms with van der Waals surface area (Å²) in [5, 5.41) is 4.05. The van der Waals surface area contributed by atoms with Gasteiger partial charge in [0.2, 0.25) is 0 Å². The summed E-state index contributed by atoms with van der Waals surface area (Å²) >= 11 is 0. The first-order chi connectivity index (χ1) is 10.2. The van der Waals surface area contributed by atoms with Crippen molar-refractivity contribution in [2.24, 2.45) is 0 Å². The molecule has 0 amide bonds. The van der Waals surface area contributed by atoms with Gasteiger partial charge in [0.05, 0.1) is 5.52 Å². The van der Waals surface area contributed by atoms with Gasteiger partial charge in [0.25, 0.3) is 0 Å².